The van der Waals surface area contributed by atoms with E-state index in [0.29, 0.717) is 0 Å². The molecule has 0 atom stereocenters. The van der Waals surface area contributed by atoms with E-state index in [1.165, 1.54) is 148 Å². The minimum absolute atomic E-state index is 0.293. The maximum Gasteiger partial charge on any atom is 0.328 e. The zero-order chi connectivity index (χ0) is 31.2. The van der Waals surface area contributed by atoms with Gasteiger partial charge in [0.1, 0.15) is 0 Å². The SMILES string of the molecule is CCCCCCCCCCCCCC[P+](CCCCCC)(CCCCCC)CCCCCC.Cn1c(=O)cc[nH]c1=O. The Labute approximate surface area is 263 Å². The Balaban J connectivity index is 0.00000157. The number of H-pyrrole nitrogens is 1. The standard InChI is InChI=1S/C32H68P.C5H6N2O2/c1-5-9-13-17-18-19-20-21-22-23-24-28-32-33(29-25-14-10-6-2,30-26-15-11-7-3)31-27-16-12-8-4;1-7-4(8)2-3-6-5(7)9/h5-32H2,1-4H3;2-3H,1H3,(H,6,9)/q+1;. The molecule has 1 N–H and O–H groups in total. The molecule has 0 aliphatic rings. The topological polar surface area (TPSA) is 54.9 Å². The molecule has 1 rings (SSSR count). The summed E-state index contributed by atoms with van der Waals surface area (Å²) in [6.45, 7) is 9.41. The first-order chi connectivity index (χ1) is 20.5. The fourth-order valence-electron chi connectivity index (χ4n) is 6.07. The molecule has 5 heteroatoms. The van der Waals surface area contributed by atoms with E-state index in [2.05, 4.69) is 32.7 Å². The number of hydrogen-bond donors (Lipinski definition) is 1. The minimum atomic E-state index is -0.697. The largest absolute Gasteiger partial charge is 0.328 e. The van der Waals surface area contributed by atoms with Crippen molar-refractivity contribution < 1.29 is 0 Å². The summed E-state index contributed by atoms with van der Waals surface area (Å²) in [4.78, 5) is 23.5. The summed E-state index contributed by atoms with van der Waals surface area (Å²) >= 11 is 0. The molecule has 0 radical (unpaired) electrons. The van der Waals surface area contributed by atoms with Gasteiger partial charge in [0.05, 0.1) is 24.6 Å². The maximum atomic E-state index is 10.6. The van der Waals surface area contributed by atoms with Gasteiger partial charge in [-0.3, -0.25) is 9.36 Å². The fraction of sp³-hybridized carbons (Fsp3) is 0.892. The Morgan fingerprint density at radius 2 is 0.786 bits per heavy atom. The number of nitrogens with zero attached hydrogens (tertiary/aromatic N) is 1. The maximum absolute atomic E-state index is 10.6. The van der Waals surface area contributed by atoms with Crippen LogP contribution in [0.25, 0.3) is 0 Å². The number of aromatic nitrogens is 2. The molecule has 1 aromatic heterocycles. The summed E-state index contributed by atoms with van der Waals surface area (Å²) < 4.78 is 1.00. The lowest BCUT2D eigenvalue weighted by molar-refractivity contribution is 0.548. The van der Waals surface area contributed by atoms with Crippen LogP contribution in [0.15, 0.2) is 21.9 Å². The van der Waals surface area contributed by atoms with E-state index in [9.17, 15) is 9.59 Å². The van der Waals surface area contributed by atoms with Gasteiger partial charge in [-0.25, -0.2) is 4.79 Å². The Kier molecular flexibility index (Phi) is 29.5. The van der Waals surface area contributed by atoms with Gasteiger partial charge in [-0.05, 0) is 51.4 Å². The fourth-order valence-corrected chi connectivity index (χ4v) is 11.0. The van der Waals surface area contributed by atoms with Crippen molar-refractivity contribution in [3.8, 4) is 0 Å². The third-order valence-corrected chi connectivity index (χ3v) is 14.1. The molecular formula is C37H74N2O2P+. The van der Waals surface area contributed by atoms with Gasteiger partial charge in [-0.2, -0.15) is 0 Å². The van der Waals surface area contributed by atoms with Crippen LogP contribution in [0.2, 0.25) is 0 Å². The summed E-state index contributed by atoms with van der Waals surface area (Å²) in [5.41, 5.74) is -0.679. The monoisotopic (exact) mass is 610 g/mol. The van der Waals surface area contributed by atoms with Crippen LogP contribution in [0.3, 0.4) is 0 Å². The van der Waals surface area contributed by atoms with Crippen molar-refractivity contribution in [2.45, 2.75) is 182 Å². The van der Waals surface area contributed by atoms with Gasteiger partial charge >= 0.3 is 5.69 Å². The first-order valence-electron chi connectivity index (χ1n) is 18.6. The highest BCUT2D eigenvalue weighted by molar-refractivity contribution is 7.75. The smallest absolute Gasteiger partial charge is 0.314 e. The lowest BCUT2D eigenvalue weighted by atomic mass is 10.1. The molecular weight excluding hydrogens is 535 g/mol. The lowest BCUT2D eigenvalue weighted by Crippen LogP contribution is -2.30. The van der Waals surface area contributed by atoms with Crippen molar-refractivity contribution in [3.63, 3.8) is 0 Å². The molecule has 0 saturated carbocycles. The predicted octanol–water partition coefficient (Wildman–Crippen LogP) is 11.5. The van der Waals surface area contributed by atoms with E-state index in [0.717, 1.165) is 4.57 Å². The van der Waals surface area contributed by atoms with Gasteiger partial charge in [0.15, 0.2) is 0 Å². The molecule has 0 aromatic carbocycles. The average Bonchev–Trinajstić information content (AvgIpc) is 2.99. The van der Waals surface area contributed by atoms with E-state index in [-0.39, 0.29) is 11.2 Å². The van der Waals surface area contributed by atoms with Crippen LogP contribution in [-0.4, -0.2) is 34.2 Å². The second-order valence-electron chi connectivity index (χ2n) is 13.0. The van der Waals surface area contributed by atoms with E-state index >= 15 is 0 Å². The number of nitrogens with one attached hydrogen (secondary N) is 1. The molecule has 0 saturated heterocycles. The minimum Gasteiger partial charge on any atom is -0.314 e. The van der Waals surface area contributed by atoms with Crippen molar-refractivity contribution in [2.24, 2.45) is 7.05 Å². The Bertz CT molecular complexity index is 744. The lowest BCUT2D eigenvalue weighted by Gasteiger charge is -2.28. The molecule has 1 aromatic rings. The molecule has 1 heterocycles. The van der Waals surface area contributed by atoms with Crippen LogP contribution in [0.4, 0.5) is 0 Å². The predicted molar refractivity (Wildman–Crippen MR) is 192 cm³/mol. The van der Waals surface area contributed by atoms with Crippen molar-refractivity contribution in [2.75, 3.05) is 24.6 Å². The van der Waals surface area contributed by atoms with Crippen molar-refractivity contribution in [1.82, 2.24) is 9.55 Å². The first-order valence-corrected chi connectivity index (χ1v) is 21.1. The Hall–Kier alpha value is -0.890. The highest BCUT2D eigenvalue weighted by Crippen LogP contribution is 2.61. The van der Waals surface area contributed by atoms with Crippen LogP contribution >= 0.6 is 7.26 Å². The molecule has 0 bridgehead atoms. The zero-order valence-corrected chi connectivity index (χ0v) is 30.1. The normalized spacial score (nSPS) is 11.5. The highest BCUT2D eigenvalue weighted by atomic mass is 31.2. The second-order valence-corrected chi connectivity index (χ2v) is 17.5. The average molecular weight is 610 g/mol. The Morgan fingerprint density at radius 3 is 1.07 bits per heavy atom. The highest BCUT2D eigenvalue weighted by Gasteiger charge is 2.34. The molecule has 42 heavy (non-hydrogen) atoms. The van der Waals surface area contributed by atoms with Crippen molar-refractivity contribution in [1.29, 1.82) is 0 Å². The molecule has 0 aliphatic carbocycles. The van der Waals surface area contributed by atoms with Crippen LogP contribution in [0.1, 0.15) is 182 Å². The van der Waals surface area contributed by atoms with Crippen molar-refractivity contribution >= 4 is 7.26 Å². The molecule has 0 spiro atoms. The third-order valence-electron chi connectivity index (χ3n) is 9.01. The van der Waals surface area contributed by atoms with Crippen LogP contribution in [0.5, 0.6) is 0 Å². The molecule has 4 nitrogen and oxygen atoms in total. The van der Waals surface area contributed by atoms with Crippen molar-refractivity contribution in [3.05, 3.63) is 33.1 Å². The van der Waals surface area contributed by atoms with Crippen LogP contribution in [-0.2, 0) is 7.05 Å². The van der Waals surface area contributed by atoms with E-state index < -0.39 is 7.26 Å². The summed E-state index contributed by atoms with van der Waals surface area (Å²) in [7, 11) is 0.721. The molecule has 248 valence electrons. The van der Waals surface area contributed by atoms with Gasteiger partial charge < -0.3 is 4.98 Å². The summed E-state index contributed by atoms with van der Waals surface area (Å²) in [6, 6.07) is 1.29. The van der Waals surface area contributed by atoms with E-state index in [1.807, 2.05) is 0 Å². The Morgan fingerprint density at radius 1 is 0.500 bits per heavy atom. The van der Waals surface area contributed by atoms with E-state index in [1.54, 1.807) is 50.3 Å². The first kappa shape index (κ1) is 41.1. The van der Waals surface area contributed by atoms with Gasteiger partial charge in [0.2, 0.25) is 0 Å². The molecule has 0 amide bonds. The third kappa shape index (κ3) is 23.6. The van der Waals surface area contributed by atoms with Gasteiger partial charge in [-0.15, -0.1) is 0 Å². The molecule has 0 fully saturated rings. The van der Waals surface area contributed by atoms with Gasteiger partial charge in [0, 0.05) is 26.6 Å². The summed E-state index contributed by atoms with van der Waals surface area (Å²) in [5, 5.41) is 0. The van der Waals surface area contributed by atoms with Crippen LogP contribution in [0, 0.1) is 0 Å². The van der Waals surface area contributed by atoms with E-state index in [4.69, 9.17) is 0 Å². The molecule has 0 aliphatic heterocycles. The zero-order valence-electron chi connectivity index (χ0n) is 29.2. The van der Waals surface area contributed by atoms with Crippen LogP contribution < -0.4 is 11.2 Å². The van der Waals surface area contributed by atoms with Gasteiger partial charge in [-0.1, -0.05) is 130 Å². The number of hydrogen-bond acceptors (Lipinski definition) is 2. The van der Waals surface area contributed by atoms with Gasteiger partial charge in [0.25, 0.3) is 5.56 Å². The summed E-state index contributed by atoms with van der Waals surface area (Å²) in [6.07, 6.45) is 43.4. The second kappa shape index (κ2) is 30.1. The summed E-state index contributed by atoms with van der Waals surface area (Å²) in [5.74, 6) is 0. The number of rotatable bonds is 28. The quantitative estimate of drug-likeness (QED) is 0.0759. The number of aromatic amines is 1. The number of unbranched alkanes of at least 4 members (excludes halogenated alkanes) is 20. The molecule has 0 unspecified atom stereocenters.